The Labute approximate surface area is 164 Å². The molecule has 9 heteroatoms. The maximum atomic E-state index is 13.3. The Kier molecular flexibility index (Phi) is 6.02. The third-order valence-corrected chi connectivity index (χ3v) is 7.45. The number of ether oxygens (including phenoxy) is 1. The van der Waals surface area contributed by atoms with Crippen LogP contribution < -0.4 is 0 Å². The molecule has 0 spiro atoms. The quantitative estimate of drug-likeness (QED) is 0.682. The van der Waals surface area contributed by atoms with E-state index in [4.69, 9.17) is 4.74 Å². The molecule has 27 heavy (non-hydrogen) atoms. The third kappa shape index (κ3) is 4.09. The minimum absolute atomic E-state index is 0.0576. The molecule has 0 aromatic carbocycles. The lowest BCUT2D eigenvalue weighted by atomic mass is 9.98. The van der Waals surface area contributed by atoms with Gasteiger partial charge in [0.1, 0.15) is 10.6 Å². The van der Waals surface area contributed by atoms with Gasteiger partial charge in [0, 0.05) is 25.3 Å². The lowest BCUT2D eigenvalue weighted by Gasteiger charge is -2.29. The summed E-state index contributed by atoms with van der Waals surface area (Å²) in [6.45, 7) is 6.66. The highest BCUT2D eigenvalue weighted by Gasteiger charge is 2.35. The summed E-state index contributed by atoms with van der Waals surface area (Å²) in [6, 6.07) is 3.82. The Morgan fingerprint density at radius 2 is 2.07 bits per heavy atom. The number of carbonyl (C=O) groups is 1. The normalized spacial score (nSPS) is 16.7. The van der Waals surface area contributed by atoms with Crippen LogP contribution in [0.1, 0.15) is 39.7 Å². The number of piperidine rings is 1. The highest BCUT2D eigenvalue weighted by Crippen LogP contribution is 2.33. The molecule has 0 bridgehead atoms. The first-order chi connectivity index (χ1) is 12.8. The lowest BCUT2D eigenvalue weighted by Crippen LogP contribution is -2.40. The fourth-order valence-corrected chi connectivity index (χ4v) is 5.54. The molecule has 7 nitrogen and oxygen atoms in total. The molecule has 0 atom stereocenters. The van der Waals surface area contributed by atoms with Gasteiger partial charge >= 0.3 is 5.97 Å². The number of rotatable bonds is 6. The summed E-state index contributed by atoms with van der Waals surface area (Å²) in [5.41, 5.74) is 0.492. The van der Waals surface area contributed by atoms with Gasteiger partial charge in [-0.15, -0.1) is 11.3 Å². The van der Waals surface area contributed by atoms with E-state index in [9.17, 15) is 13.2 Å². The summed E-state index contributed by atoms with van der Waals surface area (Å²) in [6.07, 6.45) is 2.57. The predicted molar refractivity (Wildman–Crippen MR) is 104 cm³/mol. The van der Waals surface area contributed by atoms with Crippen LogP contribution in [0.4, 0.5) is 0 Å². The van der Waals surface area contributed by atoms with Crippen LogP contribution >= 0.6 is 11.3 Å². The van der Waals surface area contributed by atoms with Crippen molar-refractivity contribution in [2.45, 2.75) is 44.6 Å². The molecule has 3 rings (SSSR count). The van der Waals surface area contributed by atoms with Gasteiger partial charge in [0.2, 0.25) is 10.0 Å². The monoisotopic (exact) mass is 411 g/mol. The van der Waals surface area contributed by atoms with Crippen LogP contribution in [0.2, 0.25) is 0 Å². The largest absolute Gasteiger partial charge is 0.466 e. The van der Waals surface area contributed by atoms with Gasteiger partial charge < -0.3 is 4.74 Å². The van der Waals surface area contributed by atoms with Crippen molar-refractivity contribution in [1.29, 1.82) is 0 Å². The molecular weight excluding hydrogens is 386 g/mol. The van der Waals surface area contributed by atoms with Crippen molar-refractivity contribution < 1.29 is 17.9 Å². The summed E-state index contributed by atoms with van der Waals surface area (Å²) < 4.78 is 34.8. The number of aromatic nitrogens is 2. The second-order valence-corrected chi connectivity index (χ2v) is 9.68. The molecule has 2 aromatic heterocycles. The van der Waals surface area contributed by atoms with Crippen LogP contribution in [0.25, 0.3) is 10.6 Å². The van der Waals surface area contributed by atoms with E-state index >= 15 is 0 Å². The maximum Gasteiger partial charge on any atom is 0.309 e. The minimum atomic E-state index is -3.69. The van der Waals surface area contributed by atoms with Gasteiger partial charge in [0.15, 0.2) is 0 Å². The molecule has 1 saturated heterocycles. The number of nitrogens with zero attached hydrogens (tertiary/aromatic N) is 3. The smallest absolute Gasteiger partial charge is 0.309 e. The van der Waals surface area contributed by atoms with E-state index in [1.807, 2.05) is 31.4 Å². The second-order valence-electron chi connectivity index (χ2n) is 6.82. The van der Waals surface area contributed by atoms with E-state index in [1.54, 1.807) is 17.8 Å². The Bertz CT molecular complexity index is 880. The Hall–Kier alpha value is -1.71. The van der Waals surface area contributed by atoms with Crippen LogP contribution in [0.3, 0.4) is 0 Å². The molecule has 2 aromatic rings. The Morgan fingerprint density at radius 3 is 2.63 bits per heavy atom. The van der Waals surface area contributed by atoms with E-state index < -0.39 is 10.0 Å². The molecule has 1 aliphatic heterocycles. The van der Waals surface area contributed by atoms with E-state index in [-0.39, 0.29) is 22.8 Å². The SMILES string of the molecule is CCOC(=O)C1CCN(S(=O)(=O)c2cn(C(C)C)nc2-c2cccs2)CC1. The Morgan fingerprint density at radius 1 is 1.37 bits per heavy atom. The van der Waals surface area contributed by atoms with Crippen molar-refractivity contribution in [1.82, 2.24) is 14.1 Å². The summed E-state index contributed by atoms with van der Waals surface area (Å²) >= 11 is 1.47. The average molecular weight is 412 g/mol. The summed E-state index contributed by atoms with van der Waals surface area (Å²) in [5.74, 6) is -0.465. The highest BCUT2D eigenvalue weighted by molar-refractivity contribution is 7.89. The van der Waals surface area contributed by atoms with Crippen LogP contribution in [0.5, 0.6) is 0 Å². The average Bonchev–Trinajstić information content (AvgIpc) is 3.31. The van der Waals surface area contributed by atoms with Gasteiger partial charge in [0.05, 0.1) is 17.4 Å². The first kappa shape index (κ1) is 20.0. The number of hydrogen-bond acceptors (Lipinski definition) is 6. The molecule has 1 fully saturated rings. The zero-order valence-electron chi connectivity index (χ0n) is 15.8. The van der Waals surface area contributed by atoms with Gasteiger partial charge in [-0.2, -0.15) is 9.40 Å². The van der Waals surface area contributed by atoms with Crippen LogP contribution in [0.15, 0.2) is 28.6 Å². The summed E-state index contributed by atoms with van der Waals surface area (Å²) in [4.78, 5) is 13.0. The number of hydrogen-bond donors (Lipinski definition) is 0. The molecule has 0 saturated carbocycles. The molecule has 0 N–H and O–H groups in total. The summed E-state index contributed by atoms with van der Waals surface area (Å²) in [5, 5.41) is 6.44. The van der Waals surface area contributed by atoms with Crippen molar-refractivity contribution in [3.05, 3.63) is 23.7 Å². The lowest BCUT2D eigenvalue weighted by molar-refractivity contribution is -0.149. The van der Waals surface area contributed by atoms with Crippen molar-refractivity contribution in [2.24, 2.45) is 5.92 Å². The first-order valence-electron chi connectivity index (χ1n) is 9.14. The van der Waals surface area contributed by atoms with E-state index in [0.717, 1.165) is 4.88 Å². The third-order valence-electron chi connectivity index (χ3n) is 4.67. The molecule has 3 heterocycles. The zero-order valence-corrected chi connectivity index (χ0v) is 17.4. The van der Waals surface area contributed by atoms with Gasteiger partial charge in [0.25, 0.3) is 0 Å². The van der Waals surface area contributed by atoms with Crippen LogP contribution in [-0.2, 0) is 19.6 Å². The minimum Gasteiger partial charge on any atom is -0.466 e. The molecule has 0 unspecified atom stereocenters. The van der Waals surface area contributed by atoms with E-state index in [2.05, 4.69) is 5.10 Å². The number of esters is 1. The van der Waals surface area contributed by atoms with Gasteiger partial charge in [-0.3, -0.25) is 9.48 Å². The summed E-state index contributed by atoms with van der Waals surface area (Å²) in [7, 11) is -3.69. The molecule has 1 aliphatic rings. The molecule has 0 radical (unpaired) electrons. The van der Waals surface area contributed by atoms with Crippen molar-refractivity contribution in [2.75, 3.05) is 19.7 Å². The maximum absolute atomic E-state index is 13.3. The number of carbonyl (C=O) groups excluding carboxylic acids is 1. The molecular formula is C18H25N3O4S2. The fraction of sp³-hybridized carbons (Fsp3) is 0.556. The van der Waals surface area contributed by atoms with Crippen molar-refractivity contribution in [3.8, 4) is 10.6 Å². The van der Waals surface area contributed by atoms with Crippen LogP contribution in [0, 0.1) is 5.92 Å². The predicted octanol–water partition coefficient (Wildman–Crippen LogP) is 3.16. The van der Waals surface area contributed by atoms with Crippen LogP contribution in [-0.4, -0.2) is 48.2 Å². The zero-order chi connectivity index (χ0) is 19.6. The van der Waals surface area contributed by atoms with Crippen molar-refractivity contribution >= 4 is 27.3 Å². The van der Waals surface area contributed by atoms with Gasteiger partial charge in [-0.25, -0.2) is 8.42 Å². The number of thiophene rings is 1. The van der Waals surface area contributed by atoms with Gasteiger partial charge in [-0.1, -0.05) is 6.07 Å². The Balaban J connectivity index is 1.86. The second kappa shape index (κ2) is 8.12. The van der Waals surface area contributed by atoms with Crippen molar-refractivity contribution in [3.63, 3.8) is 0 Å². The fourth-order valence-electron chi connectivity index (χ4n) is 3.14. The number of sulfonamides is 1. The van der Waals surface area contributed by atoms with E-state index in [1.165, 1.54) is 15.6 Å². The standard InChI is InChI=1S/C18H25N3O4S2/c1-4-25-18(22)14-7-9-20(10-8-14)27(23,24)16-12-21(13(2)3)19-17(16)15-6-5-11-26-15/h5-6,11-14H,4,7-10H2,1-3H3. The molecule has 148 valence electrons. The molecule has 0 aliphatic carbocycles. The molecule has 0 amide bonds. The highest BCUT2D eigenvalue weighted by atomic mass is 32.2. The first-order valence-corrected chi connectivity index (χ1v) is 11.5. The van der Waals surface area contributed by atoms with E-state index in [0.29, 0.717) is 38.2 Å². The van der Waals surface area contributed by atoms with Gasteiger partial charge in [-0.05, 0) is 45.1 Å². The topological polar surface area (TPSA) is 81.5 Å².